The molecule has 0 atom stereocenters. The van der Waals surface area contributed by atoms with Gasteiger partial charge in [-0.05, 0) is 42.5 Å². The van der Waals surface area contributed by atoms with Gasteiger partial charge in [-0.25, -0.2) is 21.6 Å². The van der Waals surface area contributed by atoms with Gasteiger partial charge < -0.3 is 10.1 Å². The third kappa shape index (κ3) is 4.35. The van der Waals surface area contributed by atoms with Gasteiger partial charge in [0.05, 0.1) is 23.3 Å². The zero-order valence-corrected chi connectivity index (χ0v) is 16.1. The quantitative estimate of drug-likeness (QED) is 0.615. The van der Waals surface area contributed by atoms with Crippen LogP contribution in [0.25, 0.3) is 0 Å². The Morgan fingerprint density at radius 2 is 1.83 bits per heavy atom. The van der Waals surface area contributed by atoms with Crippen molar-refractivity contribution in [3.05, 3.63) is 77.9 Å². The zero-order valence-electron chi connectivity index (χ0n) is 15.3. The molecule has 0 saturated heterocycles. The van der Waals surface area contributed by atoms with Crippen molar-refractivity contribution in [2.45, 2.75) is 4.90 Å². The highest BCUT2D eigenvalue weighted by Gasteiger charge is 2.22. The number of nitrogens with zero attached hydrogens (tertiary/aromatic N) is 1. The van der Waals surface area contributed by atoms with Crippen LogP contribution in [-0.2, 0) is 10.0 Å². The van der Waals surface area contributed by atoms with E-state index in [1.54, 1.807) is 0 Å². The molecular formula is C19H14F3N3O4S. The summed E-state index contributed by atoms with van der Waals surface area (Å²) in [6.07, 6.45) is 2.60. The van der Waals surface area contributed by atoms with E-state index in [0.717, 1.165) is 24.3 Å². The second-order valence-corrected chi connectivity index (χ2v) is 7.56. The smallest absolute Gasteiger partial charge is 0.262 e. The Morgan fingerprint density at radius 1 is 1.07 bits per heavy atom. The minimum Gasteiger partial charge on any atom is -0.494 e. The number of hydrogen-bond acceptors (Lipinski definition) is 5. The van der Waals surface area contributed by atoms with Crippen LogP contribution in [0.2, 0.25) is 0 Å². The highest BCUT2D eigenvalue weighted by Crippen LogP contribution is 2.29. The number of halogens is 3. The van der Waals surface area contributed by atoms with E-state index in [9.17, 15) is 26.4 Å². The Balaban J connectivity index is 1.91. The fraction of sp³-hybridized carbons (Fsp3) is 0.0526. The number of sulfonamides is 1. The lowest BCUT2D eigenvalue weighted by molar-refractivity contribution is 0.102. The summed E-state index contributed by atoms with van der Waals surface area (Å²) in [5.41, 5.74) is -1.46. The first kappa shape index (κ1) is 21.1. The Morgan fingerprint density at radius 3 is 2.47 bits per heavy atom. The molecule has 0 aliphatic carbocycles. The minimum atomic E-state index is -4.42. The van der Waals surface area contributed by atoms with E-state index in [0.29, 0.717) is 6.07 Å². The minimum absolute atomic E-state index is 0.0380. The Hall–Kier alpha value is -3.60. The van der Waals surface area contributed by atoms with Gasteiger partial charge in [0.15, 0.2) is 17.4 Å². The standard InChI is InChI=1S/C19H14F3N3O4S/c1-29-16-7-4-12(9-14(16)21)30(27,28)25-15-6-5-13(20)18(17(15)22)24-19(26)11-3-2-8-23-10-11/h2-10,25H,1H3,(H,24,26). The van der Waals surface area contributed by atoms with E-state index >= 15 is 0 Å². The lowest BCUT2D eigenvalue weighted by Gasteiger charge is -2.13. The molecule has 1 heterocycles. The Bertz CT molecular complexity index is 1210. The van der Waals surface area contributed by atoms with E-state index in [4.69, 9.17) is 4.74 Å². The predicted octanol–water partition coefficient (Wildman–Crippen LogP) is 3.56. The van der Waals surface area contributed by atoms with Crippen molar-refractivity contribution < 1.29 is 31.1 Å². The number of carbonyl (C=O) groups excluding carboxylic acids is 1. The van der Waals surface area contributed by atoms with Gasteiger partial charge in [0.2, 0.25) is 0 Å². The van der Waals surface area contributed by atoms with Gasteiger partial charge in [0.1, 0.15) is 11.5 Å². The molecule has 1 amide bonds. The topological polar surface area (TPSA) is 97.4 Å². The lowest BCUT2D eigenvalue weighted by atomic mass is 10.2. The predicted molar refractivity (Wildman–Crippen MR) is 102 cm³/mol. The average Bonchev–Trinajstić information content (AvgIpc) is 2.73. The summed E-state index contributed by atoms with van der Waals surface area (Å²) in [5, 5.41) is 2.04. The van der Waals surface area contributed by atoms with E-state index < -0.39 is 49.7 Å². The molecule has 11 heteroatoms. The number of pyridine rings is 1. The Labute approximate surface area is 169 Å². The van der Waals surface area contributed by atoms with Gasteiger partial charge in [0, 0.05) is 12.4 Å². The van der Waals surface area contributed by atoms with Gasteiger partial charge in [-0.1, -0.05) is 0 Å². The zero-order chi connectivity index (χ0) is 21.9. The first-order valence-electron chi connectivity index (χ1n) is 8.28. The van der Waals surface area contributed by atoms with E-state index in [1.807, 2.05) is 10.0 Å². The van der Waals surface area contributed by atoms with Crippen LogP contribution in [0.5, 0.6) is 5.75 Å². The number of carbonyl (C=O) groups is 1. The number of methoxy groups -OCH3 is 1. The summed E-state index contributed by atoms with van der Waals surface area (Å²) in [6.45, 7) is 0. The van der Waals surface area contributed by atoms with Crippen LogP contribution >= 0.6 is 0 Å². The number of aromatic nitrogens is 1. The molecule has 0 aliphatic heterocycles. The Kier molecular flexibility index (Phi) is 5.92. The van der Waals surface area contributed by atoms with Crippen molar-refractivity contribution in [3.8, 4) is 5.75 Å². The third-order valence-corrected chi connectivity index (χ3v) is 5.29. The fourth-order valence-electron chi connectivity index (χ4n) is 2.45. The molecule has 3 aromatic rings. The number of ether oxygens (including phenoxy) is 1. The molecule has 0 spiro atoms. The van der Waals surface area contributed by atoms with Crippen molar-refractivity contribution in [1.29, 1.82) is 0 Å². The number of rotatable bonds is 6. The molecule has 3 rings (SSSR count). The maximum atomic E-state index is 14.8. The van der Waals surface area contributed by atoms with Crippen molar-refractivity contribution in [2.24, 2.45) is 0 Å². The van der Waals surface area contributed by atoms with E-state index in [-0.39, 0.29) is 11.3 Å². The highest BCUT2D eigenvalue weighted by molar-refractivity contribution is 7.92. The molecule has 0 unspecified atom stereocenters. The molecule has 156 valence electrons. The third-order valence-electron chi connectivity index (χ3n) is 3.93. The molecule has 0 aliphatic rings. The molecule has 0 fully saturated rings. The van der Waals surface area contributed by atoms with Gasteiger partial charge in [-0.3, -0.25) is 14.5 Å². The molecular weight excluding hydrogens is 423 g/mol. The summed E-state index contributed by atoms with van der Waals surface area (Å²) < 4.78 is 74.2. The first-order chi connectivity index (χ1) is 14.2. The number of benzene rings is 2. The molecule has 1 aromatic heterocycles. The van der Waals surface area contributed by atoms with Crippen molar-refractivity contribution in [2.75, 3.05) is 17.1 Å². The van der Waals surface area contributed by atoms with E-state index in [1.165, 1.54) is 31.6 Å². The number of anilines is 2. The number of nitrogens with one attached hydrogen (secondary N) is 2. The summed E-state index contributed by atoms with van der Waals surface area (Å²) in [6, 6.07) is 7.27. The van der Waals surface area contributed by atoms with Gasteiger partial charge in [-0.15, -0.1) is 0 Å². The summed E-state index contributed by atoms with van der Waals surface area (Å²) in [5.74, 6) is -4.45. The van der Waals surface area contributed by atoms with Crippen LogP contribution in [-0.4, -0.2) is 26.4 Å². The van der Waals surface area contributed by atoms with E-state index in [2.05, 4.69) is 4.98 Å². The molecule has 0 radical (unpaired) electrons. The van der Waals surface area contributed by atoms with Crippen molar-refractivity contribution in [3.63, 3.8) is 0 Å². The summed E-state index contributed by atoms with van der Waals surface area (Å²) >= 11 is 0. The normalized spacial score (nSPS) is 11.1. The van der Waals surface area contributed by atoms with Crippen LogP contribution in [0.1, 0.15) is 10.4 Å². The number of hydrogen-bond donors (Lipinski definition) is 2. The summed E-state index contributed by atoms with van der Waals surface area (Å²) in [4.78, 5) is 15.4. The molecule has 2 N–H and O–H groups in total. The number of amides is 1. The molecule has 30 heavy (non-hydrogen) atoms. The van der Waals surface area contributed by atoms with Crippen LogP contribution in [0.3, 0.4) is 0 Å². The van der Waals surface area contributed by atoms with Crippen molar-refractivity contribution in [1.82, 2.24) is 4.98 Å². The van der Waals surface area contributed by atoms with Crippen LogP contribution in [0, 0.1) is 17.5 Å². The van der Waals surface area contributed by atoms with Gasteiger partial charge >= 0.3 is 0 Å². The van der Waals surface area contributed by atoms with Gasteiger partial charge in [0.25, 0.3) is 15.9 Å². The molecule has 7 nitrogen and oxygen atoms in total. The largest absolute Gasteiger partial charge is 0.494 e. The van der Waals surface area contributed by atoms with Crippen LogP contribution < -0.4 is 14.8 Å². The average molecular weight is 437 g/mol. The second-order valence-electron chi connectivity index (χ2n) is 5.88. The van der Waals surface area contributed by atoms with Gasteiger partial charge in [-0.2, -0.15) is 0 Å². The maximum absolute atomic E-state index is 14.8. The second kappa shape index (κ2) is 8.41. The fourth-order valence-corrected chi connectivity index (χ4v) is 3.52. The molecule has 2 aromatic carbocycles. The SMILES string of the molecule is COc1ccc(S(=O)(=O)Nc2ccc(F)c(NC(=O)c3cccnc3)c2F)cc1F. The van der Waals surface area contributed by atoms with Crippen LogP contribution in [0.4, 0.5) is 24.5 Å². The first-order valence-corrected chi connectivity index (χ1v) is 9.77. The monoisotopic (exact) mass is 437 g/mol. The van der Waals surface area contributed by atoms with Crippen molar-refractivity contribution >= 4 is 27.3 Å². The summed E-state index contributed by atoms with van der Waals surface area (Å²) in [7, 11) is -3.22. The molecule has 0 bridgehead atoms. The maximum Gasteiger partial charge on any atom is 0.262 e. The highest BCUT2D eigenvalue weighted by atomic mass is 32.2. The lowest BCUT2D eigenvalue weighted by Crippen LogP contribution is -2.18. The molecule has 0 saturated carbocycles. The van der Waals surface area contributed by atoms with Crippen LogP contribution in [0.15, 0.2) is 59.8 Å².